The summed E-state index contributed by atoms with van der Waals surface area (Å²) in [6.45, 7) is 4.66. The molecule has 1 N–H and O–H groups in total. The van der Waals surface area contributed by atoms with Crippen LogP contribution in [0.25, 0.3) is 0 Å². The SMILES string of the molecule is CC[C@H](Oc1ccccc1OC)C(=O)NCCSCc1cccc(C)c1. The zero-order valence-corrected chi connectivity index (χ0v) is 16.5. The smallest absolute Gasteiger partial charge is 0.261 e. The lowest BCUT2D eigenvalue weighted by Crippen LogP contribution is -2.39. The molecule has 0 saturated carbocycles. The summed E-state index contributed by atoms with van der Waals surface area (Å²) in [7, 11) is 1.59. The Morgan fingerprint density at radius 3 is 2.62 bits per heavy atom. The van der Waals surface area contributed by atoms with Gasteiger partial charge in [-0.25, -0.2) is 0 Å². The van der Waals surface area contributed by atoms with Crippen molar-refractivity contribution >= 4 is 17.7 Å². The van der Waals surface area contributed by atoms with Crippen molar-refractivity contribution < 1.29 is 14.3 Å². The van der Waals surface area contributed by atoms with Gasteiger partial charge in [0.2, 0.25) is 0 Å². The van der Waals surface area contributed by atoms with Gasteiger partial charge in [0.05, 0.1) is 7.11 Å². The predicted octanol–water partition coefficient (Wildman–Crippen LogP) is 4.21. The summed E-state index contributed by atoms with van der Waals surface area (Å²) in [5, 5.41) is 2.96. The van der Waals surface area contributed by atoms with Gasteiger partial charge in [0.1, 0.15) is 0 Å². The van der Waals surface area contributed by atoms with Gasteiger partial charge in [-0.05, 0) is 31.0 Å². The number of carbonyl (C=O) groups excluding carboxylic acids is 1. The highest BCUT2D eigenvalue weighted by atomic mass is 32.2. The summed E-state index contributed by atoms with van der Waals surface area (Å²) in [6, 6.07) is 15.9. The molecule has 0 heterocycles. The van der Waals surface area contributed by atoms with E-state index in [1.807, 2.05) is 43.0 Å². The fraction of sp³-hybridized carbons (Fsp3) is 0.381. The predicted molar refractivity (Wildman–Crippen MR) is 108 cm³/mol. The number of rotatable bonds is 10. The van der Waals surface area contributed by atoms with Crippen molar-refractivity contribution in [3.63, 3.8) is 0 Å². The van der Waals surface area contributed by atoms with Crippen LogP contribution in [0.1, 0.15) is 24.5 Å². The van der Waals surface area contributed by atoms with Crippen molar-refractivity contribution in [1.29, 1.82) is 0 Å². The average Bonchev–Trinajstić information content (AvgIpc) is 2.66. The van der Waals surface area contributed by atoms with Crippen LogP contribution in [0.2, 0.25) is 0 Å². The van der Waals surface area contributed by atoms with E-state index in [9.17, 15) is 4.79 Å². The Kier molecular flexibility index (Phi) is 8.35. The van der Waals surface area contributed by atoms with Crippen molar-refractivity contribution in [3.8, 4) is 11.5 Å². The van der Waals surface area contributed by atoms with E-state index in [1.54, 1.807) is 7.11 Å². The number of carbonyl (C=O) groups is 1. The molecule has 2 aromatic rings. The molecule has 5 heteroatoms. The molecule has 0 aromatic heterocycles. The molecular formula is C21H27NO3S. The normalized spacial score (nSPS) is 11.7. The monoisotopic (exact) mass is 373 g/mol. The van der Waals surface area contributed by atoms with Crippen LogP contribution in [-0.4, -0.2) is 31.4 Å². The van der Waals surface area contributed by atoms with Crippen LogP contribution in [0.4, 0.5) is 0 Å². The third-order valence-corrected chi connectivity index (χ3v) is 4.93. The van der Waals surface area contributed by atoms with E-state index in [2.05, 4.69) is 36.5 Å². The number of para-hydroxylation sites is 2. The Labute approximate surface area is 160 Å². The van der Waals surface area contributed by atoms with E-state index in [0.29, 0.717) is 24.5 Å². The van der Waals surface area contributed by atoms with Crippen LogP contribution in [-0.2, 0) is 10.5 Å². The van der Waals surface area contributed by atoms with Crippen LogP contribution < -0.4 is 14.8 Å². The first-order valence-corrected chi connectivity index (χ1v) is 10.00. The molecule has 0 fully saturated rings. The Morgan fingerprint density at radius 1 is 1.15 bits per heavy atom. The van der Waals surface area contributed by atoms with Gasteiger partial charge in [-0.2, -0.15) is 11.8 Å². The largest absolute Gasteiger partial charge is 0.493 e. The lowest BCUT2D eigenvalue weighted by molar-refractivity contribution is -0.128. The molecule has 0 bridgehead atoms. The highest BCUT2D eigenvalue weighted by Gasteiger charge is 2.19. The lowest BCUT2D eigenvalue weighted by atomic mass is 10.2. The van der Waals surface area contributed by atoms with Crippen molar-refractivity contribution in [3.05, 3.63) is 59.7 Å². The summed E-state index contributed by atoms with van der Waals surface area (Å²) in [4.78, 5) is 12.4. The molecule has 0 aliphatic rings. The second-order valence-electron chi connectivity index (χ2n) is 6.00. The van der Waals surface area contributed by atoms with Crippen LogP contribution in [0.15, 0.2) is 48.5 Å². The Bertz CT molecular complexity index is 705. The summed E-state index contributed by atoms with van der Waals surface area (Å²) >= 11 is 1.81. The van der Waals surface area contributed by atoms with Gasteiger partial charge in [0.25, 0.3) is 5.91 Å². The number of thioether (sulfide) groups is 1. The molecule has 0 saturated heterocycles. The summed E-state index contributed by atoms with van der Waals surface area (Å²) in [6.07, 6.45) is 0.0772. The third kappa shape index (κ3) is 6.30. The van der Waals surface area contributed by atoms with Gasteiger partial charge in [-0.3, -0.25) is 4.79 Å². The average molecular weight is 374 g/mol. The summed E-state index contributed by atoms with van der Waals surface area (Å²) < 4.78 is 11.1. The standard InChI is InChI=1S/C21H27NO3S/c1-4-18(25-20-11-6-5-10-19(20)24-3)21(23)22-12-13-26-15-17-9-7-8-16(2)14-17/h5-11,14,18H,4,12-13,15H2,1-3H3,(H,22,23)/t18-/m0/s1. The minimum absolute atomic E-state index is 0.0884. The number of amides is 1. The highest BCUT2D eigenvalue weighted by molar-refractivity contribution is 7.98. The second-order valence-corrected chi connectivity index (χ2v) is 7.10. The topological polar surface area (TPSA) is 47.6 Å². The van der Waals surface area contributed by atoms with Crippen LogP contribution >= 0.6 is 11.8 Å². The summed E-state index contributed by atoms with van der Waals surface area (Å²) in [5.41, 5.74) is 2.59. The molecular weight excluding hydrogens is 346 g/mol. The van der Waals surface area contributed by atoms with Gasteiger partial charge in [-0.15, -0.1) is 0 Å². The van der Waals surface area contributed by atoms with Crippen LogP contribution in [0.5, 0.6) is 11.5 Å². The number of hydrogen-bond acceptors (Lipinski definition) is 4. The molecule has 1 atom stereocenters. The zero-order valence-electron chi connectivity index (χ0n) is 15.7. The highest BCUT2D eigenvalue weighted by Crippen LogP contribution is 2.27. The maximum Gasteiger partial charge on any atom is 0.261 e. The van der Waals surface area contributed by atoms with E-state index in [-0.39, 0.29) is 5.91 Å². The number of benzene rings is 2. The fourth-order valence-corrected chi connectivity index (χ4v) is 3.35. The van der Waals surface area contributed by atoms with E-state index >= 15 is 0 Å². The van der Waals surface area contributed by atoms with Crippen LogP contribution in [0.3, 0.4) is 0 Å². The Hall–Kier alpha value is -2.14. The van der Waals surface area contributed by atoms with E-state index < -0.39 is 6.10 Å². The van der Waals surface area contributed by atoms with Crippen molar-refractivity contribution in [1.82, 2.24) is 5.32 Å². The van der Waals surface area contributed by atoms with Gasteiger partial charge >= 0.3 is 0 Å². The fourth-order valence-electron chi connectivity index (χ4n) is 2.54. The van der Waals surface area contributed by atoms with Crippen molar-refractivity contribution in [2.24, 2.45) is 0 Å². The second kappa shape index (κ2) is 10.8. The molecule has 0 spiro atoms. The Morgan fingerprint density at radius 2 is 1.92 bits per heavy atom. The first-order chi connectivity index (χ1) is 12.6. The van der Waals surface area contributed by atoms with Crippen molar-refractivity contribution in [2.45, 2.75) is 32.1 Å². The lowest BCUT2D eigenvalue weighted by Gasteiger charge is -2.18. The molecule has 0 aliphatic heterocycles. The van der Waals surface area contributed by atoms with Gasteiger partial charge in [0.15, 0.2) is 17.6 Å². The van der Waals surface area contributed by atoms with Gasteiger partial charge in [0, 0.05) is 18.1 Å². The first kappa shape index (κ1) is 20.2. The first-order valence-electron chi connectivity index (χ1n) is 8.84. The maximum atomic E-state index is 12.4. The summed E-state index contributed by atoms with van der Waals surface area (Å²) in [5.74, 6) is 2.95. The minimum Gasteiger partial charge on any atom is -0.493 e. The molecule has 0 aliphatic carbocycles. The molecule has 26 heavy (non-hydrogen) atoms. The molecule has 4 nitrogen and oxygen atoms in total. The number of aryl methyl sites for hydroxylation is 1. The number of methoxy groups -OCH3 is 1. The van der Waals surface area contributed by atoms with E-state index in [0.717, 1.165) is 11.5 Å². The van der Waals surface area contributed by atoms with Gasteiger partial charge < -0.3 is 14.8 Å². The third-order valence-electron chi connectivity index (χ3n) is 3.90. The molecule has 0 radical (unpaired) electrons. The molecule has 1 amide bonds. The maximum absolute atomic E-state index is 12.4. The quantitative estimate of drug-likeness (QED) is 0.634. The van der Waals surface area contributed by atoms with Gasteiger partial charge in [-0.1, -0.05) is 48.9 Å². The minimum atomic E-state index is -0.520. The number of hydrogen-bond donors (Lipinski definition) is 1. The number of ether oxygens (including phenoxy) is 2. The van der Waals surface area contributed by atoms with E-state index in [1.165, 1.54) is 11.1 Å². The molecule has 2 aromatic carbocycles. The zero-order chi connectivity index (χ0) is 18.8. The molecule has 2 rings (SSSR count). The van der Waals surface area contributed by atoms with E-state index in [4.69, 9.17) is 9.47 Å². The molecule has 0 unspecified atom stereocenters. The Balaban J connectivity index is 1.74. The number of nitrogens with one attached hydrogen (secondary N) is 1. The molecule has 140 valence electrons. The van der Waals surface area contributed by atoms with Crippen LogP contribution in [0, 0.1) is 6.92 Å². The van der Waals surface area contributed by atoms with Crippen molar-refractivity contribution in [2.75, 3.05) is 19.4 Å².